The first-order valence-electron chi connectivity index (χ1n) is 12.8. The van der Waals surface area contributed by atoms with E-state index in [4.69, 9.17) is 10.5 Å². The average Bonchev–Trinajstić information content (AvgIpc) is 3.42. The van der Waals surface area contributed by atoms with E-state index in [0.29, 0.717) is 19.5 Å². The maximum atomic E-state index is 13.9. The van der Waals surface area contributed by atoms with Gasteiger partial charge in [-0.25, -0.2) is 0 Å². The van der Waals surface area contributed by atoms with Gasteiger partial charge in [0.05, 0.1) is 11.6 Å². The van der Waals surface area contributed by atoms with E-state index >= 15 is 0 Å². The van der Waals surface area contributed by atoms with Gasteiger partial charge >= 0.3 is 0 Å². The average molecular weight is 525 g/mol. The number of ether oxygens (including phenoxy) is 1. The zero-order valence-electron chi connectivity index (χ0n) is 21.8. The number of hydrogen-bond donors (Lipinski definition) is 3. The molecule has 0 radical (unpaired) electrons. The minimum absolute atomic E-state index is 0. The highest BCUT2D eigenvalue weighted by Crippen LogP contribution is 2.47. The van der Waals surface area contributed by atoms with Crippen molar-refractivity contribution < 1.29 is 14.3 Å². The number of rotatable bonds is 6. The summed E-state index contributed by atoms with van der Waals surface area (Å²) in [5.41, 5.74) is 9.63. The minimum atomic E-state index is -1.08. The van der Waals surface area contributed by atoms with Crippen molar-refractivity contribution in [2.45, 2.75) is 62.6 Å². The highest BCUT2D eigenvalue weighted by atomic mass is 35.5. The maximum absolute atomic E-state index is 13.9. The molecule has 37 heavy (non-hydrogen) atoms. The highest BCUT2D eigenvalue weighted by Gasteiger charge is 2.49. The van der Waals surface area contributed by atoms with Crippen LogP contribution in [0.3, 0.4) is 0 Å². The Balaban J connectivity index is 0.00000320. The first-order chi connectivity index (χ1) is 17.2. The number of aromatic nitrogens is 1. The van der Waals surface area contributed by atoms with Crippen LogP contribution in [0.2, 0.25) is 0 Å². The first-order valence-corrected chi connectivity index (χ1v) is 12.8. The molecule has 5 rings (SSSR count). The number of carbonyl (C=O) groups is 2. The molecule has 7 nitrogen and oxygen atoms in total. The second kappa shape index (κ2) is 10.5. The lowest BCUT2D eigenvalue weighted by molar-refractivity contribution is -0.139. The summed E-state index contributed by atoms with van der Waals surface area (Å²) in [6.45, 7) is 4.56. The van der Waals surface area contributed by atoms with Gasteiger partial charge in [-0.15, -0.1) is 12.4 Å². The standard InChI is InChI=1S/C29H36N4O3.ClH/c1-28(2,30)27(35)32-24(16-20-18-31-23-11-7-5-9-21(20)23)26(34)33-14-12-29(13-15-33)22-10-6-4-8-19(22)17-25(29)36-3;/h4-11,18,24-25,31H,12-17,30H2,1-3H3,(H,32,35);1H/t24?,25-;/m1./s1. The number of methoxy groups -OCH3 is 1. The summed E-state index contributed by atoms with van der Waals surface area (Å²) in [6.07, 6.45) is 5.02. The normalized spacial score (nSPS) is 19.4. The number of nitrogens with zero attached hydrogens (tertiary/aromatic N) is 1. The number of benzene rings is 2. The summed E-state index contributed by atoms with van der Waals surface area (Å²) in [4.78, 5) is 31.9. The number of amides is 2. The van der Waals surface area contributed by atoms with Crippen LogP contribution in [-0.2, 0) is 32.6 Å². The predicted molar refractivity (Wildman–Crippen MR) is 148 cm³/mol. The summed E-state index contributed by atoms with van der Waals surface area (Å²) in [6, 6.07) is 15.9. The molecule has 2 atom stereocenters. The number of carbonyl (C=O) groups excluding carboxylic acids is 2. The van der Waals surface area contributed by atoms with E-state index in [1.54, 1.807) is 21.0 Å². The van der Waals surface area contributed by atoms with Crippen LogP contribution < -0.4 is 11.1 Å². The summed E-state index contributed by atoms with van der Waals surface area (Å²) in [7, 11) is 1.79. The second-order valence-electron chi connectivity index (χ2n) is 10.9. The number of fused-ring (bicyclic) bond motifs is 3. The van der Waals surface area contributed by atoms with Crippen LogP contribution in [0, 0.1) is 0 Å². The number of nitrogens with one attached hydrogen (secondary N) is 2. The number of hydrogen-bond acceptors (Lipinski definition) is 4. The lowest BCUT2D eigenvalue weighted by Crippen LogP contribution is -2.59. The third kappa shape index (κ3) is 5.00. The van der Waals surface area contributed by atoms with Gasteiger partial charge in [-0.2, -0.15) is 0 Å². The molecule has 0 saturated carbocycles. The van der Waals surface area contributed by atoms with Gasteiger partial charge in [0.2, 0.25) is 11.8 Å². The Morgan fingerprint density at radius 2 is 1.84 bits per heavy atom. The van der Waals surface area contributed by atoms with E-state index in [2.05, 4.69) is 34.6 Å². The molecule has 3 aromatic rings. The largest absolute Gasteiger partial charge is 0.380 e. The SMILES string of the molecule is CO[C@@H]1Cc2ccccc2C12CCN(C(=O)C(Cc1c[nH]c3ccccc13)NC(=O)C(C)(C)N)CC2.Cl. The summed E-state index contributed by atoms with van der Waals surface area (Å²) in [5, 5.41) is 4.02. The van der Waals surface area contributed by atoms with E-state index in [1.165, 1.54) is 11.1 Å². The fraction of sp³-hybridized carbons (Fsp3) is 0.448. The number of likely N-dealkylation sites (tertiary alicyclic amines) is 1. The van der Waals surface area contributed by atoms with E-state index in [1.807, 2.05) is 35.4 Å². The third-order valence-electron chi connectivity index (χ3n) is 8.11. The molecule has 2 amide bonds. The fourth-order valence-corrected chi connectivity index (χ4v) is 6.06. The lowest BCUT2D eigenvalue weighted by atomic mass is 9.72. The van der Waals surface area contributed by atoms with Gasteiger partial charge in [0.15, 0.2) is 0 Å². The molecule has 1 aliphatic carbocycles. The molecule has 1 unspecified atom stereocenters. The van der Waals surface area contributed by atoms with E-state index in [9.17, 15) is 9.59 Å². The smallest absolute Gasteiger partial charge is 0.245 e. The Kier molecular flexibility index (Phi) is 7.70. The second-order valence-corrected chi connectivity index (χ2v) is 10.9. The van der Waals surface area contributed by atoms with Crippen LogP contribution in [0.5, 0.6) is 0 Å². The molecule has 1 saturated heterocycles. The van der Waals surface area contributed by atoms with Gasteiger partial charge < -0.3 is 25.7 Å². The van der Waals surface area contributed by atoms with Gasteiger partial charge in [0.1, 0.15) is 6.04 Å². The summed E-state index contributed by atoms with van der Waals surface area (Å²) in [5.74, 6) is -0.397. The Morgan fingerprint density at radius 3 is 2.54 bits per heavy atom. The number of aromatic amines is 1. The van der Waals surface area contributed by atoms with Crippen molar-refractivity contribution in [1.29, 1.82) is 0 Å². The van der Waals surface area contributed by atoms with E-state index < -0.39 is 11.6 Å². The monoisotopic (exact) mass is 524 g/mol. The number of halogens is 1. The zero-order chi connectivity index (χ0) is 25.5. The lowest BCUT2D eigenvalue weighted by Gasteiger charge is -2.44. The highest BCUT2D eigenvalue weighted by molar-refractivity contribution is 5.92. The first kappa shape index (κ1) is 27.2. The molecule has 1 fully saturated rings. The quantitative estimate of drug-likeness (QED) is 0.459. The van der Waals surface area contributed by atoms with Crippen molar-refractivity contribution in [3.05, 3.63) is 71.4 Å². The van der Waals surface area contributed by atoms with Crippen LogP contribution in [0.15, 0.2) is 54.7 Å². The molecule has 1 aromatic heterocycles. The van der Waals surface area contributed by atoms with Crippen LogP contribution in [-0.4, -0.2) is 59.6 Å². The molecule has 4 N–H and O–H groups in total. The Bertz CT molecular complexity index is 1270. The number of para-hydroxylation sites is 1. The molecule has 1 aliphatic heterocycles. The molecule has 198 valence electrons. The summed E-state index contributed by atoms with van der Waals surface area (Å²) < 4.78 is 5.95. The Morgan fingerprint density at radius 1 is 1.16 bits per heavy atom. The van der Waals surface area contributed by atoms with E-state index in [0.717, 1.165) is 35.7 Å². The predicted octanol–water partition coefficient (Wildman–Crippen LogP) is 3.49. The number of nitrogens with two attached hydrogens (primary N) is 1. The molecule has 2 aromatic carbocycles. The van der Waals surface area contributed by atoms with Crippen LogP contribution in [0.1, 0.15) is 43.4 Å². The van der Waals surface area contributed by atoms with Gasteiger partial charge in [-0.05, 0) is 55.9 Å². The molecule has 2 heterocycles. The molecule has 1 spiro atoms. The van der Waals surface area contributed by atoms with Crippen LogP contribution in [0.25, 0.3) is 10.9 Å². The van der Waals surface area contributed by atoms with Gasteiger partial charge in [0, 0.05) is 49.1 Å². The maximum Gasteiger partial charge on any atom is 0.245 e. The van der Waals surface area contributed by atoms with Crippen molar-refractivity contribution in [2.75, 3.05) is 20.2 Å². The van der Waals surface area contributed by atoms with Crippen LogP contribution in [0.4, 0.5) is 0 Å². The van der Waals surface area contributed by atoms with Gasteiger partial charge in [-0.3, -0.25) is 9.59 Å². The van der Waals surface area contributed by atoms with Crippen molar-refractivity contribution in [3.8, 4) is 0 Å². The van der Waals surface area contributed by atoms with Crippen molar-refractivity contribution in [3.63, 3.8) is 0 Å². The molecule has 0 bridgehead atoms. The van der Waals surface area contributed by atoms with Crippen molar-refractivity contribution in [1.82, 2.24) is 15.2 Å². The zero-order valence-corrected chi connectivity index (χ0v) is 22.6. The number of piperidine rings is 1. The molecular formula is C29H37ClN4O3. The molecular weight excluding hydrogens is 488 g/mol. The number of H-pyrrole nitrogens is 1. The third-order valence-corrected chi connectivity index (χ3v) is 8.11. The van der Waals surface area contributed by atoms with Crippen LogP contribution >= 0.6 is 12.4 Å². The van der Waals surface area contributed by atoms with Gasteiger partial charge in [-0.1, -0.05) is 42.5 Å². The topological polar surface area (TPSA) is 100 Å². The van der Waals surface area contributed by atoms with Crippen molar-refractivity contribution >= 4 is 35.1 Å². The van der Waals surface area contributed by atoms with E-state index in [-0.39, 0.29) is 35.7 Å². The molecule has 8 heteroatoms. The molecule has 2 aliphatic rings. The van der Waals surface area contributed by atoms with Gasteiger partial charge in [0.25, 0.3) is 0 Å². The summed E-state index contributed by atoms with van der Waals surface area (Å²) >= 11 is 0. The minimum Gasteiger partial charge on any atom is -0.380 e. The van der Waals surface area contributed by atoms with Crippen molar-refractivity contribution in [2.24, 2.45) is 5.73 Å². The fourth-order valence-electron chi connectivity index (χ4n) is 6.06. The Labute approximate surface area is 224 Å². The Hall–Kier alpha value is -2.87.